The highest BCUT2D eigenvalue weighted by molar-refractivity contribution is 6.17. The highest BCUT2D eigenvalue weighted by atomic mass is 16.4. The van der Waals surface area contributed by atoms with Gasteiger partial charge in [0.25, 0.3) is 0 Å². The molecule has 0 atom stereocenters. The Balaban J connectivity index is 1.11. The van der Waals surface area contributed by atoms with Gasteiger partial charge in [-0.1, -0.05) is 224 Å². The van der Waals surface area contributed by atoms with Crippen molar-refractivity contribution in [2.45, 2.75) is 0 Å². The molecule has 0 radical (unpaired) electrons. The Morgan fingerprint density at radius 3 is 0.920 bits per heavy atom. The van der Waals surface area contributed by atoms with Gasteiger partial charge < -0.3 is 13.6 Å². The number of hydrogen-bond acceptors (Lipinski definition) is 6. The zero-order valence-electron chi connectivity index (χ0n) is 46.5. The van der Waals surface area contributed by atoms with Crippen LogP contribution in [0.15, 0.2) is 288 Å². The van der Waals surface area contributed by atoms with Crippen molar-refractivity contribution in [3.63, 3.8) is 0 Å². The third kappa shape index (κ3) is 7.25. The fourth-order valence-corrected chi connectivity index (χ4v) is 13.7. The summed E-state index contributed by atoms with van der Waals surface area (Å²) in [5.41, 5.74) is 12.6. The van der Waals surface area contributed by atoms with Crippen LogP contribution in [0, 0.1) is 0 Å². The smallest absolute Gasteiger partial charge is 0.336 e. The Bertz CT molecular complexity index is 5410. The molecule has 0 N–H and O–H groups in total. The van der Waals surface area contributed by atoms with Gasteiger partial charge in [-0.25, -0.2) is 24.7 Å². The van der Waals surface area contributed by atoms with Crippen molar-refractivity contribution in [3.05, 3.63) is 289 Å². The van der Waals surface area contributed by atoms with Crippen molar-refractivity contribution in [1.29, 1.82) is 0 Å². The van der Waals surface area contributed by atoms with Crippen molar-refractivity contribution in [1.82, 2.24) is 38.2 Å². The average Bonchev–Trinajstić information content (AvgIpc) is 1.73. The number of fused-ring (bicyclic) bond motifs is 13. The van der Waals surface area contributed by atoms with E-state index in [1.807, 2.05) is 66.7 Å². The van der Waals surface area contributed by atoms with E-state index in [1.165, 1.54) is 6.07 Å². The second kappa shape index (κ2) is 19.0. The highest BCUT2D eigenvalue weighted by Gasteiger charge is 2.34. The highest BCUT2D eigenvalue weighted by Crippen LogP contribution is 2.50. The summed E-state index contributed by atoms with van der Waals surface area (Å²) in [5, 5.41) is 9.24. The molecule has 0 saturated heterocycles. The van der Waals surface area contributed by atoms with Gasteiger partial charge in [-0.2, -0.15) is 0 Å². The summed E-state index contributed by atoms with van der Waals surface area (Å²) in [6.07, 6.45) is 0. The van der Waals surface area contributed by atoms with Crippen LogP contribution in [-0.4, -0.2) is 38.2 Å². The van der Waals surface area contributed by atoms with Crippen molar-refractivity contribution in [2.75, 3.05) is 0 Å². The summed E-state index contributed by atoms with van der Waals surface area (Å²) in [7, 11) is 0. The van der Waals surface area contributed by atoms with Gasteiger partial charge in [0.15, 0.2) is 29.1 Å². The Kier molecular flexibility index (Phi) is 10.6. The molecule has 7 aromatic heterocycles. The normalized spacial score (nSPS) is 12.0. The summed E-state index contributed by atoms with van der Waals surface area (Å²) in [6, 6.07) is 96.4. The third-order valence-electron chi connectivity index (χ3n) is 17.3. The van der Waals surface area contributed by atoms with E-state index in [1.54, 1.807) is 0 Å². The molecule has 0 amide bonds. The standard InChI is InChI=1S/C77H46N8O2/c86-68-46-59(75-79-73(47-24-3-1-4-25-47)78-74(80-75)48-26-5-2-6-27-48)57-36-23-37-58(72(57)87-68)69-70(82-60-38-15-7-28-49(60)50-29-8-16-39-61(50)82)76(84-64-42-19-11-32-53(64)54-33-12-20-43-65(54)84)81-77(85-66-44-21-13-34-55(66)56-35-14-22-45-67(56)85)71(69)83-62-40-17-9-30-51(62)52-31-10-18-41-63(52)83/h1-46H. The SMILES string of the molecule is O=c1cc(-c2nc(-c3ccccc3)nc(-c3ccccc3)n2)c2cccc(-c3c(-n4c5ccccc5c5ccccc54)c(-n4c5ccccc5c5ccccc54)nc(-n4c5ccccc5c5ccccc54)c3-n3c4ccccc4c4ccccc43)c2o1. The second-order valence-corrected chi connectivity index (χ2v) is 22.0. The molecule has 0 spiro atoms. The molecule has 0 aliphatic heterocycles. The van der Waals surface area contributed by atoms with Gasteiger partial charge in [0, 0.05) is 82.4 Å². The van der Waals surface area contributed by atoms with Crippen molar-refractivity contribution in [3.8, 4) is 68.3 Å². The Morgan fingerprint density at radius 2 is 0.563 bits per heavy atom. The van der Waals surface area contributed by atoms with Gasteiger partial charge in [-0.05, 0) is 48.5 Å². The molecule has 0 unspecified atom stereocenters. The minimum atomic E-state index is -0.566. The maximum atomic E-state index is 15.1. The molecule has 0 aliphatic carbocycles. The van der Waals surface area contributed by atoms with E-state index >= 15 is 4.79 Å². The van der Waals surface area contributed by atoms with Crippen LogP contribution in [0.4, 0.5) is 0 Å². The number of benzene rings is 11. The largest absolute Gasteiger partial charge is 0.422 e. The lowest BCUT2D eigenvalue weighted by atomic mass is 9.96. The van der Waals surface area contributed by atoms with E-state index in [4.69, 9.17) is 24.4 Å². The van der Waals surface area contributed by atoms with E-state index < -0.39 is 5.63 Å². The number of pyridine rings is 1. The second-order valence-electron chi connectivity index (χ2n) is 22.0. The van der Waals surface area contributed by atoms with Gasteiger partial charge in [-0.15, -0.1) is 0 Å². The molecular weight excluding hydrogens is 1070 g/mol. The topological polar surface area (TPSA) is 101 Å². The van der Waals surface area contributed by atoms with E-state index in [9.17, 15) is 0 Å². The van der Waals surface area contributed by atoms with Crippen LogP contribution >= 0.6 is 0 Å². The molecule has 18 aromatic rings. The van der Waals surface area contributed by atoms with Crippen LogP contribution in [0.3, 0.4) is 0 Å². The van der Waals surface area contributed by atoms with E-state index in [0.717, 1.165) is 115 Å². The minimum Gasteiger partial charge on any atom is -0.422 e. The zero-order valence-corrected chi connectivity index (χ0v) is 46.5. The van der Waals surface area contributed by atoms with Gasteiger partial charge in [0.2, 0.25) is 0 Å². The van der Waals surface area contributed by atoms with Crippen LogP contribution in [0.1, 0.15) is 0 Å². The monoisotopic (exact) mass is 1110 g/mol. The molecule has 0 saturated carbocycles. The molecule has 0 aliphatic rings. The first kappa shape index (κ1) is 48.5. The first-order valence-electron chi connectivity index (χ1n) is 29.1. The number of rotatable bonds is 8. The number of para-hydroxylation sites is 9. The molecule has 0 bridgehead atoms. The summed E-state index contributed by atoms with van der Waals surface area (Å²) < 4.78 is 16.4. The quantitative estimate of drug-likeness (QED) is 0.141. The van der Waals surface area contributed by atoms with Crippen molar-refractivity contribution >= 4 is 98.2 Å². The molecule has 0 fully saturated rings. The van der Waals surface area contributed by atoms with Crippen LogP contribution in [0.5, 0.6) is 0 Å². The molecular formula is C77H46N8O2. The summed E-state index contributed by atoms with van der Waals surface area (Å²) in [4.78, 5) is 37.0. The Labute approximate surface area is 496 Å². The predicted octanol–water partition coefficient (Wildman–Crippen LogP) is 18.4. The maximum Gasteiger partial charge on any atom is 0.336 e. The minimum absolute atomic E-state index is 0.328. The molecule has 11 aromatic carbocycles. The lowest BCUT2D eigenvalue weighted by molar-refractivity contribution is 0.562. The predicted molar refractivity (Wildman–Crippen MR) is 353 cm³/mol. The summed E-state index contributed by atoms with van der Waals surface area (Å²) in [6.45, 7) is 0. The first-order chi connectivity index (χ1) is 43.1. The molecule has 7 heterocycles. The van der Waals surface area contributed by atoms with Crippen LogP contribution < -0.4 is 5.63 Å². The number of nitrogens with zero attached hydrogens (tertiary/aromatic N) is 8. The van der Waals surface area contributed by atoms with E-state index in [2.05, 4.69) is 225 Å². The maximum absolute atomic E-state index is 15.1. The van der Waals surface area contributed by atoms with Crippen molar-refractivity contribution in [2.24, 2.45) is 0 Å². The molecule has 10 heteroatoms. The third-order valence-corrected chi connectivity index (χ3v) is 17.3. The Morgan fingerprint density at radius 1 is 0.264 bits per heavy atom. The fourth-order valence-electron chi connectivity index (χ4n) is 13.7. The lowest BCUT2D eigenvalue weighted by Gasteiger charge is -2.27. The molecule has 87 heavy (non-hydrogen) atoms. The zero-order chi connectivity index (χ0) is 57.3. The van der Waals surface area contributed by atoms with Gasteiger partial charge >= 0.3 is 5.63 Å². The van der Waals surface area contributed by atoms with Crippen LogP contribution in [0.25, 0.3) is 166 Å². The molecule has 18 rings (SSSR count). The van der Waals surface area contributed by atoms with Crippen LogP contribution in [-0.2, 0) is 0 Å². The average molecular weight is 1120 g/mol. The number of aromatic nitrogens is 8. The van der Waals surface area contributed by atoms with Gasteiger partial charge in [-0.3, -0.25) is 9.13 Å². The van der Waals surface area contributed by atoms with E-state index in [-0.39, 0.29) is 0 Å². The lowest BCUT2D eigenvalue weighted by Crippen LogP contribution is -2.16. The van der Waals surface area contributed by atoms with E-state index in [0.29, 0.717) is 51.2 Å². The fraction of sp³-hybridized carbons (Fsp3) is 0. The van der Waals surface area contributed by atoms with Gasteiger partial charge in [0.1, 0.15) is 17.0 Å². The molecule has 406 valence electrons. The molecule has 10 nitrogen and oxygen atoms in total. The summed E-state index contributed by atoms with van der Waals surface area (Å²) >= 11 is 0. The first-order valence-corrected chi connectivity index (χ1v) is 29.1. The van der Waals surface area contributed by atoms with Crippen molar-refractivity contribution < 1.29 is 4.42 Å². The van der Waals surface area contributed by atoms with Gasteiger partial charge in [0.05, 0.1) is 44.1 Å². The Hall–Kier alpha value is -12.0. The number of hydrogen-bond donors (Lipinski definition) is 0. The van der Waals surface area contributed by atoms with Crippen LogP contribution in [0.2, 0.25) is 0 Å². The summed E-state index contributed by atoms with van der Waals surface area (Å²) in [5.74, 6) is 2.58.